The number of rotatable bonds is 4. The maximum atomic E-state index is 11.0. The van der Waals surface area contributed by atoms with Gasteiger partial charge in [-0.3, -0.25) is 15.0 Å². The van der Waals surface area contributed by atoms with Crippen LogP contribution in [-0.4, -0.2) is 31.4 Å². The number of nitro groups is 1. The van der Waals surface area contributed by atoms with E-state index in [1.54, 1.807) is 12.1 Å². The average molecular weight is 362 g/mol. The first-order valence-electron chi connectivity index (χ1n) is 8.69. The zero-order valence-electron chi connectivity index (χ0n) is 14.6. The van der Waals surface area contributed by atoms with E-state index in [0.29, 0.717) is 18.7 Å². The lowest BCUT2D eigenvalue weighted by Crippen LogP contribution is -2.31. The Kier molecular flexibility index (Phi) is 4.52. The van der Waals surface area contributed by atoms with E-state index in [1.807, 2.05) is 36.5 Å². The van der Waals surface area contributed by atoms with E-state index in [1.165, 1.54) is 6.07 Å². The van der Waals surface area contributed by atoms with Crippen LogP contribution in [0, 0.1) is 10.1 Å². The van der Waals surface area contributed by atoms with Gasteiger partial charge in [-0.2, -0.15) is 0 Å². The summed E-state index contributed by atoms with van der Waals surface area (Å²) in [4.78, 5) is 21.7. The first-order valence-corrected chi connectivity index (χ1v) is 8.69. The van der Waals surface area contributed by atoms with Crippen LogP contribution >= 0.6 is 0 Å². The molecule has 0 spiro atoms. The van der Waals surface area contributed by atoms with Crippen LogP contribution in [0.3, 0.4) is 0 Å². The Balaban J connectivity index is 1.53. The van der Waals surface area contributed by atoms with Gasteiger partial charge < -0.3 is 5.11 Å². The van der Waals surface area contributed by atoms with Crippen LogP contribution in [0.2, 0.25) is 0 Å². The van der Waals surface area contributed by atoms with Gasteiger partial charge in [0.05, 0.1) is 10.6 Å². The molecule has 7 heteroatoms. The summed E-state index contributed by atoms with van der Waals surface area (Å²) < 4.78 is 0. The van der Waals surface area contributed by atoms with E-state index in [-0.39, 0.29) is 11.4 Å². The number of para-hydroxylation sites is 1. The summed E-state index contributed by atoms with van der Waals surface area (Å²) in [5, 5.41) is 21.1. The molecule has 0 aliphatic carbocycles. The molecule has 1 aliphatic heterocycles. The van der Waals surface area contributed by atoms with Crippen molar-refractivity contribution in [2.75, 3.05) is 6.54 Å². The molecule has 0 bridgehead atoms. The number of phenols is 1. The zero-order valence-corrected chi connectivity index (χ0v) is 14.6. The molecule has 7 nitrogen and oxygen atoms in total. The molecule has 2 heterocycles. The summed E-state index contributed by atoms with van der Waals surface area (Å²) in [6, 6.07) is 14.5. The van der Waals surface area contributed by atoms with Crippen molar-refractivity contribution in [3.8, 4) is 17.1 Å². The summed E-state index contributed by atoms with van der Waals surface area (Å²) in [6.07, 6.45) is 2.62. The van der Waals surface area contributed by atoms with Crippen LogP contribution in [0.25, 0.3) is 11.4 Å². The van der Waals surface area contributed by atoms with Crippen molar-refractivity contribution >= 4 is 5.69 Å². The van der Waals surface area contributed by atoms with Crippen molar-refractivity contribution in [3.63, 3.8) is 0 Å². The van der Waals surface area contributed by atoms with Gasteiger partial charge in [0.25, 0.3) is 0 Å². The van der Waals surface area contributed by atoms with Crippen molar-refractivity contribution in [2.45, 2.75) is 19.5 Å². The lowest BCUT2D eigenvalue weighted by Gasteiger charge is -2.28. The summed E-state index contributed by atoms with van der Waals surface area (Å²) in [5.74, 6) is 0.461. The van der Waals surface area contributed by atoms with Crippen LogP contribution in [0.5, 0.6) is 5.75 Å². The second kappa shape index (κ2) is 7.13. The molecule has 1 aromatic heterocycles. The Hall–Kier alpha value is -3.32. The SMILES string of the molecule is O=[N+]([O-])c1cccc(CN2CCc3nc(-c4ccccc4)ncc3C2)c1O. The van der Waals surface area contributed by atoms with Gasteiger partial charge in [0.15, 0.2) is 11.6 Å². The van der Waals surface area contributed by atoms with Crippen LogP contribution in [0.4, 0.5) is 5.69 Å². The number of benzene rings is 2. The van der Waals surface area contributed by atoms with Gasteiger partial charge in [-0.05, 0) is 0 Å². The van der Waals surface area contributed by atoms with E-state index in [2.05, 4.69) is 9.88 Å². The number of hydrogen-bond acceptors (Lipinski definition) is 6. The maximum absolute atomic E-state index is 11.0. The Morgan fingerprint density at radius 1 is 1.15 bits per heavy atom. The molecule has 0 fully saturated rings. The van der Waals surface area contributed by atoms with Gasteiger partial charge in [-0.25, -0.2) is 9.97 Å². The minimum absolute atomic E-state index is 0.260. The molecule has 1 aliphatic rings. The Morgan fingerprint density at radius 2 is 1.96 bits per heavy atom. The Morgan fingerprint density at radius 3 is 2.74 bits per heavy atom. The van der Waals surface area contributed by atoms with E-state index in [9.17, 15) is 15.2 Å². The summed E-state index contributed by atoms with van der Waals surface area (Å²) >= 11 is 0. The van der Waals surface area contributed by atoms with Gasteiger partial charge in [-0.1, -0.05) is 42.5 Å². The van der Waals surface area contributed by atoms with Crippen molar-refractivity contribution < 1.29 is 10.0 Å². The van der Waals surface area contributed by atoms with Crippen molar-refractivity contribution in [1.29, 1.82) is 0 Å². The summed E-state index contributed by atoms with van der Waals surface area (Å²) in [5.41, 5.74) is 3.36. The molecule has 0 amide bonds. The number of fused-ring (bicyclic) bond motifs is 1. The third kappa shape index (κ3) is 3.50. The summed E-state index contributed by atoms with van der Waals surface area (Å²) in [6.45, 7) is 1.85. The third-order valence-electron chi connectivity index (χ3n) is 4.73. The minimum atomic E-state index is -0.566. The predicted molar refractivity (Wildman–Crippen MR) is 100 cm³/mol. The van der Waals surface area contributed by atoms with Gasteiger partial charge in [-0.15, -0.1) is 0 Å². The normalized spacial score (nSPS) is 13.9. The highest BCUT2D eigenvalue weighted by Crippen LogP contribution is 2.31. The fourth-order valence-corrected chi connectivity index (χ4v) is 3.33. The summed E-state index contributed by atoms with van der Waals surface area (Å²) in [7, 11) is 0. The Labute approximate surface area is 156 Å². The van der Waals surface area contributed by atoms with E-state index < -0.39 is 4.92 Å². The number of nitrogens with zero attached hydrogens (tertiary/aromatic N) is 4. The number of aromatic nitrogens is 2. The van der Waals surface area contributed by atoms with Gasteiger partial charge in [0, 0.05) is 55.0 Å². The molecule has 0 radical (unpaired) electrons. The topological polar surface area (TPSA) is 92.4 Å². The number of hydrogen-bond donors (Lipinski definition) is 1. The van der Waals surface area contributed by atoms with Crippen LogP contribution in [-0.2, 0) is 19.5 Å². The molecule has 0 saturated carbocycles. The lowest BCUT2D eigenvalue weighted by atomic mass is 10.1. The quantitative estimate of drug-likeness (QED) is 0.565. The van der Waals surface area contributed by atoms with E-state index >= 15 is 0 Å². The molecule has 0 saturated heterocycles. The largest absolute Gasteiger partial charge is 0.502 e. The second-order valence-electron chi connectivity index (χ2n) is 6.53. The van der Waals surface area contributed by atoms with Crippen molar-refractivity contribution in [1.82, 2.24) is 14.9 Å². The molecule has 136 valence electrons. The molecule has 2 aromatic carbocycles. The molecule has 1 N–H and O–H groups in total. The Bertz CT molecular complexity index is 992. The van der Waals surface area contributed by atoms with Gasteiger partial charge in [0.2, 0.25) is 0 Å². The number of aromatic hydroxyl groups is 1. The van der Waals surface area contributed by atoms with E-state index in [4.69, 9.17) is 4.98 Å². The zero-order chi connectivity index (χ0) is 18.8. The van der Waals surface area contributed by atoms with Crippen LogP contribution in [0.15, 0.2) is 54.7 Å². The van der Waals surface area contributed by atoms with Crippen LogP contribution in [0.1, 0.15) is 16.8 Å². The second-order valence-corrected chi connectivity index (χ2v) is 6.53. The number of nitro benzene ring substituents is 1. The molecule has 0 unspecified atom stereocenters. The first kappa shape index (κ1) is 17.1. The molecular formula is C20H18N4O3. The highest BCUT2D eigenvalue weighted by Gasteiger charge is 2.22. The molecule has 27 heavy (non-hydrogen) atoms. The van der Waals surface area contributed by atoms with Crippen LogP contribution < -0.4 is 0 Å². The monoisotopic (exact) mass is 362 g/mol. The highest BCUT2D eigenvalue weighted by molar-refractivity contribution is 5.55. The average Bonchev–Trinajstić information content (AvgIpc) is 2.69. The van der Waals surface area contributed by atoms with Crippen molar-refractivity contribution in [3.05, 3.63) is 81.7 Å². The fraction of sp³-hybridized carbons (Fsp3) is 0.200. The standard InChI is InChI=1S/C20H18N4O3/c25-19-15(7-4-8-18(19)24(26)27)12-23-10-9-17-16(13-23)11-21-20(22-17)14-5-2-1-3-6-14/h1-8,11,25H,9-10,12-13H2. The molecule has 0 atom stereocenters. The van der Waals surface area contributed by atoms with Gasteiger partial charge in [0.1, 0.15) is 0 Å². The third-order valence-corrected chi connectivity index (χ3v) is 4.73. The highest BCUT2D eigenvalue weighted by atomic mass is 16.6. The number of phenolic OH excluding ortho intramolecular Hbond substituents is 1. The maximum Gasteiger partial charge on any atom is 0.311 e. The molecule has 3 aromatic rings. The van der Waals surface area contributed by atoms with Gasteiger partial charge >= 0.3 is 5.69 Å². The minimum Gasteiger partial charge on any atom is -0.502 e. The molecule has 4 rings (SSSR count). The fourth-order valence-electron chi connectivity index (χ4n) is 3.33. The first-order chi connectivity index (χ1) is 13.1. The molecular weight excluding hydrogens is 344 g/mol. The smallest absolute Gasteiger partial charge is 0.311 e. The van der Waals surface area contributed by atoms with E-state index in [0.717, 1.165) is 35.6 Å². The predicted octanol–water partition coefficient (Wildman–Crippen LogP) is 3.32. The lowest BCUT2D eigenvalue weighted by molar-refractivity contribution is -0.385. The van der Waals surface area contributed by atoms with Crippen molar-refractivity contribution in [2.24, 2.45) is 0 Å².